The van der Waals surface area contributed by atoms with Gasteiger partial charge in [-0.25, -0.2) is 4.98 Å². The minimum Gasteiger partial charge on any atom is -0.439 e. The summed E-state index contributed by atoms with van der Waals surface area (Å²) in [5.74, 6) is 0.874. The predicted octanol–water partition coefficient (Wildman–Crippen LogP) is 3.74. The molecule has 132 valence electrons. The highest BCUT2D eigenvalue weighted by atomic mass is 16.5. The molecule has 6 heteroatoms. The summed E-state index contributed by atoms with van der Waals surface area (Å²) in [7, 11) is 0. The van der Waals surface area contributed by atoms with E-state index in [0.717, 1.165) is 16.9 Å². The quantitative estimate of drug-likeness (QED) is 0.751. The standard InChI is InChI=1S/C20H19N3O3/c1-12-5-4-6-17(14(12)3)26-19-8-7-15(10-22-19)23-20(25)16-11-21-18(24)9-13(16)2/h4-11H,1-3H3,(H,21,24)(H,23,25). The number of pyridine rings is 2. The van der Waals surface area contributed by atoms with E-state index in [2.05, 4.69) is 15.3 Å². The SMILES string of the molecule is Cc1cc(=O)[nH]cc1C(=O)Nc1ccc(Oc2cccc(C)c2C)nc1. The van der Waals surface area contributed by atoms with Crippen LogP contribution < -0.4 is 15.6 Å². The van der Waals surface area contributed by atoms with Crippen LogP contribution >= 0.6 is 0 Å². The van der Waals surface area contributed by atoms with Crippen molar-refractivity contribution in [3.8, 4) is 11.6 Å². The molecule has 0 unspecified atom stereocenters. The number of rotatable bonds is 4. The Morgan fingerprint density at radius 2 is 1.92 bits per heavy atom. The molecule has 0 aliphatic carbocycles. The van der Waals surface area contributed by atoms with Crippen LogP contribution in [0.3, 0.4) is 0 Å². The first-order valence-electron chi connectivity index (χ1n) is 8.15. The number of nitrogens with one attached hydrogen (secondary N) is 2. The number of aromatic nitrogens is 2. The predicted molar refractivity (Wildman–Crippen MR) is 100.0 cm³/mol. The van der Waals surface area contributed by atoms with Crippen molar-refractivity contribution in [1.82, 2.24) is 9.97 Å². The van der Waals surface area contributed by atoms with Gasteiger partial charge in [0, 0.05) is 18.3 Å². The van der Waals surface area contributed by atoms with Crippen LogP contribution in [0.15, 0.2) is 53.6 Å². The Morgan fingerprint density at radius 1 is 1.12 bits per heavy atom. The maximum atomic E-state index is 12.3. The molecule has 0 saturated heterocycles. The van der Waals surface area contributed by atoms with Crippen molar-refractivity contribution in [2.24, 2.45) is 0 Å². The Hall–Kier alpha value is -3.41. The van der Waals surface area contributed by atoms with Crippen LogP contribution in [0.4, 0.5) is 5.69 Å². The zero-order valence-electron chi connectivity index (χ0n) is 14.8. The number of carbonyl (C=O) groups is 1. The normalized spacial score (nSPS) is 10.4. The van der Waals surface area contributed by atoms with Crippen molar-refractivity contribution >= 4 is 11.6 Å². The summed E-state index contributed by atoms with van der Waals surface area (Å²) in [6, 6.07) is 10.6. The van der Waals surface area contributed by atoms with E-state index in [1.54, 1.807) is 19.1 Å². The van der Waals surface area contributed by atoms with Gasteiger partial charge in [-0.2, -0.15) is 0 Å². The number of hydrogen-bond acceptors (Lipinski definition) is 4. The van der Waals surface area contributed by atoms with E-state index < -0.39 is 0 Å². The third-order valence-corrected chi connectivity index (χ3v) is 4.14. The van der Waals surface area contributed by atoms with Crippen LogP contribution in [0.1, 0.15) is 27.0 Å². The van der Waals surface area contributed by atoms with Crippen LogP contribution in [0.5, 0.6) is 11.6 Å². The van der Waals surface area contributed by atoms with Gasteiger partial charge in [-0.3, -0.25) is 9.59 Å². The second-order valence-corrected chi connectivity index (χ2v) is 6.03. The Bertz CT molecular complexity index is 1010. The van der Waals surface area contributed by atoms with Gasteiger partial charge in [0.1, 0.15) is 5.75 Å². The van der Waals surface area contributed by atoms with Crippen LogP contribution in [-0.2, 0) is 0 Å². The molecule has 2 heterocycles. The summed E-state index contributed by atoms with van der Waals surface area (Å²) in [5.41, 5.74) is 3.50. The Kier molecular flexibility index (Phi) is 4.84. The molecule has 3 aromatic rings. The van der Waals surface area contributed by atoms with Crippen molar-refractivity contribution in [2.45, 2.75) is 20.8 Å². The van der Waals surface area contributed by atoms with E-state index in [-0.39, 0.29) is 11.5 Å². The van der Waals surface area contributed by atoms with Gasteiger partial charge < -0.3 is 15.0 Å². The summed E-state index contributed by atoms with van der Waals surface area (Å²) in [4.78, 5) is 30.3. The van der Waals surface area contributed by atoms with Crippen molar-refractivity contribution < 1.29 is 9.53 Å². The maximum absolute atomic E-state index is 12.3. The highest BCUT2D eigenvalue weighted by Gasteiger charge is 2.10. The average Bonchev–Trinajstić information content (AvgIpc) is 2.60. The van der Waals surface area contributed by atoms with Gasteiger partial charge >= 0.3 is 0 Å². The highest BCUT2D eigenvalue weighted by molar-refractivity contribution is 6.04. The first kappa shape index (κ1) is 17.4. The molecule has 2 aromatic heterocycles. The van der Waals surface area contributed by atoms with Gasteiger partial charge in [0.05, 0.1) is 17.4 Å². The van der Waals surface area contributed by atoms with E-state index >= 15 is 0 Å². The molecule has 1 aromatic carbocycles. The number of aromatic amines is 1. The fourth-order valence-corrected chi connectivity index (χ4v) is 2.48. The number of hydrogen-bond donors (Lipinski definition) is 2. The van der Waals surface area contributed by atoms with Crippen LogP contribution in [0.25, 0.3) is 0 Å². The van der Waals surface area contributed by atoms with Gasteiger partial charge in [0.25, 0.3) is 5.91 Å². The fraction of sp³-hybridized carbons (Fsp3) is 0.150. The molecule has 6 nitrogen and oxygen atoms in total. The first-order chi connectivity index (χ1) is 12.4. The third kappa shape index (κ3) is 3.80. The number of anilines is 1. The van der Waals surface area contributed by atoms with Gasteiger partial charge in [0.2, 0.25) is 11.4 Å². The van der Waals surface area contributed by atoms with E-state index in [4.69, 9.17) is 4.74 Å². The van der Waals surface area contributed by atoms with Crippen molar-refractivity contribution in [3.05, 3.63) is 81.4 Å². The highest BCUT2D eigenvalue weighted by Crippen LogP contribution is 2.26. The molecule has 1 amide bonds. The zero-order chi connectivity index (χ0) is 18.7. The van der Waals surface area contributed by atoms with E-state index in [9.17, 15) is 9.59 Å². The molecule has 0 aliphatic rings. The average molecular weight is 349 g/mol. The molecule has 2 N–H and O–H groups in total. The molecule has 0 aliphatic heterocycles. The minimum absolute atomic E-state index is 0.242. The summed E-state index contributed by atoms with van der Waals surface area (Å²) in [5, 5.41) is 2.75. The molecule has 0 bridgehead atoms. The molecular weight excluding hydrogens is 330 g/mol. The van der Waals surface area contributed by atoms with Crippen LogP contribution in [0.2, 0.25) is 0 Å². The second-order valence-electron chi connectivity index (χ2n) is 6.03. The molecule has 0 radical (unpaired) electrons. The van der Waals surface area contributed by atoms with Gasteiger partial charge in [0.15, 0.2) is 0 Å². The number of H-pyrrole nitrogens is 1. The van der Waals surface area contributed by atoms with Crippen LogP contribution in [-0.4, -0.2) is 15.9 Å². The summed E-state index contributed by atoms with van der Waals surface area (Å²) in [6.07, 6.45) is 2.93. The lowest BCUT2D eigenvalue weighted by atomic mass is 10.1. The van der Waals surface area contributed by atoms with Gasteiger partial charge in [-0.1, -0.05) is 12.1 Å². The largest absolute Gasteiger partial charge is 0.439 e. The number of aryl methyl sites for hydroxylation is 2. The number of nitrogens with zero attached hydrogens (tertiary/aromatic N) is 1. The number of ether oxygens (including phenoxy) is 1. The smallest absolute Gasteiger partial charge is 0.257 e. The number of benzene rings is 1. The molecule has 0 atom stereocenters. The van der Waals surface area contributed by atoms with Gasteiger partial charge in [-0.15, -0.1) is 0 Å². The number of amides is 1. The fourth-order valence-electron chi connectivity index (χ4n) is 2.48. The molecule has 0 spiro atoms. The second kappa shape index (κ2) is 7.23. The van der Waals surface area contributed by atoms with Crippen molar-refractivity contribution in [2.75, 3.05) is 5.32 Å². The topological polar surface area (TPSA) is 84.1 Å². The molecule has 26 heavy (non-hydrogen) atoms. The first-order valence-corrected chi connectivity index (χ1v) is 8.15. The van der Waals surface area contributed by atoms with E-state index in [1.165, 1.54) is 18.5 Å². The molecule has 0 saturated carbocycles. The van der Waals surface area contributed by atoms with E-state index in [0.29, 0.717) is 22.7 Å². The Morgan fingerprint density at radius 3 is 2.62 bits per heavy atom. The maximum Gasteiger partial charge on any atom is 0.257 e. The molecule has 3 rings (SSSR count). The summed E-state index contributed by atoms with van der Waals surface area (Å²) >= 11 is 0. The molecular formula is C20H19N3O3. The minimum atomic E-state index is -0.316. The summed E-state index contributed by atoms with van der Waals surface area (Å²) in [6.45, 7) is 5.72. The lowest BCUT2D eigenvalue weighted by molar-refractivity contribution is 0.102. The summed E-state index contributed by atoms with van der Waals surface area (Å²) < 4.78 is 5.80. The van der Waals surface area contributed by atoms with Crippen LogP contribution in [0, 0.1) is 20.8 Å². The third-order valence-electron chi connectivity index (χ3n) is 4.14. The monoisotopic (exact) mass is 349 g/mol. The van der Waals surface area contributed by atoms with Crippen molar-refractivity contribution in [1.29, 1.82) is 0 Å². The lowest BCUT2D eigenvalue weighted by Crippen LogP contribution is -2.16. The van der Waals surface area contributed by atoms with E-state index in [1.807, 2.05) is 32.0 Å². The zero-order valence-corrected chi connectivity index (χ0v) is 14.8. The Labute approximate surface area is 150 Å². The van der Waals surface area contributed by atoms with Crippen molar-refractivity contribution in [3.63, 3.8) is 0 Å². The van der Waals surface area contributed by atoms with Gasteiger partial charge in [-0.05, 0) is 49.6 Å². The number of carbonyl (C=O) groups excluding carboxylic acids is 1. The molecule has 0 fully saturated rings. The Balaban J connectivity index is 1.72. The lowest BCUT2D eigenvalue weighted by Gasteiger charge is -2.10.